The largest absolute Gasteiger partial charge is 0.491 e. The van der Waals surface area contributed by atoms with E-state index in [4.69, 9.17) is 97.9 Å². The number of benzene rings is 4. The summed E-state index contributed by atoms with van der Waals surface area (Å²) in [5, 5.41) is 27.5. The molecule has 0 saturated carbocycles. The Bertz CT molecular complexity index is 3140. The molecular formula is C80H120N16O20. The highest BCUT2D eigenvalue weighted by molar-refractivity contribution is 5.93. The Morgan fingerprint density at radius 2 is 0.440 bits per heavy atom. The van der Waals surface area contributed by atoms with Gasteiger partial charge < -0.3 is 97.1 Å². The summed E-state index contributed by atoms with van der Waals surface area (Å²) in [6.45, 7) is 7.07. The molecule has 4 aromatic carbocycles. The molecule has 1 aliphatic carbocycles. The van der Waals surface area contributed by atoms with Crippen molar-refractivity contribution in [3.05, 3.63) is 135 Å². The lowest BCUT2D eigenvalue weighted by Gasteiger charge is -2.25. The van der Waals surface area contributed by atoms with Crippen molar-refractivity contribution in [1.82, 2.24) is 0 Å². The lowest BCUT2D eigenvalue weighted by molar-refractivity contribution is -0.117. The van der Waals surface area contributed by atoms with Gasteiger partial charge in [-0.25, -0.2) is 0 Å². The molecule has 640 valence electrons. The number of methoxy groups -OCH3 is 4. The fourth-order valence-electron chi connectivity index (χ4n) is 12.2. The third kappa shape index (κ3) is 42.5. The van der Waals surface area contributed by atoms with E-state index in [0.717, 1.165) is 0 Å². The molecule has 0 heterocycles. The normalized spacial score (nSPS) is 11.5. The molecule has 5 rings (SSSR count). The van der Waals surface area contributed by atoms with Gasteiger partial charge in [-0.3, -0.25) is 19.2 Å². The summed E-state index contributed by atoms with van der Waals surface area (Å²) in [6, 6.07) is 14.8. The van der Waals surface area contributed by atoms with Gasteiger partial charge in [0, 0.05) is 193 Å². The number of hydrogen-bond acceptors (Lipinski definition) is 24. The summed E-state index contributed by atoms with van der Waals surface area (Å²) >= 11 is 0. The topological polar surface area (TPSA) is 459 Å². The molecule has 116 heavy (non-hydrogen) atoms. The highest BCUT2D eigenvalue weighted by atomic mass is 16.6. The fraction of sp³-hybridized carbons (Fsp3) is 0.650. The zero-order valence-electron chi connectivity index (χ0n) is 68.1. The lowest BCUT2D eigenvalue weighted by atomic mass is 9.90. The molecule has 1 aliphatic rings. The Labute approximate surface area is 679 Å². The van der Waals surface area contributed by atoms with E-state index in [2.05, 4.69) is 61.4 Å². The van der Waals surface area contributed by atoms with Crippen LogP contribution in [0.4, 0.5) is 22.7 Å². The van der Waals surface area contributed by atoms with Crippen molar-refractivity contribution in [1.29, 1.82) is 0 Å². The zero-order chi connectivity index (χ0) is 82.9. The van der Waals surface area contributed by atoms with Crippen LogP contribution in [0.2, 0.25) is 0 Å². The van der Waals surface area contributed by atoms with Crippen LogP contribution in [0.25, 0.3) is 41.8 Å². The van der Waals surface area contributed by atoms with Crippen LogP contribution in [0.3, 0.4) is 0 Å². The number of amides is 4. The number of carbonyl (C=O) groups is 4. The van der Waals surface area contributed by atoms with Gasteiger partial charge in [-0.1, -0.05) is 46.1 Å². The molecule has 8 bridgehead atoms. The number of ether oxygens (including phenoxy) is 16. The number of nitrogens with zero attached hydrogens (tertiary/aromatic N) is 12. The molecule has 36 heteroatoms. The minimum Gasteiger partial charge on any atom is -0.491 e. The first-order chi connectivity index (χ1) is 57.0. The van der Waals surface area contributed by atoms with Crippen LogP contribution < -0.4 is 40.2 Å². The lowest BCUT2D eigenvalue weighted by Crippen LogP contribution is -2.18. The first-order valence-corrected chi connectivity index (χ1v) is 39.9. The molecule has 0 atom stereocenters. The van der Waals surface area contributed by atoms with Crippen molar-refractivity contribution in [3.63, 3.8) is 0 Å². The maximum atomic E-state index is 14.4. The summed E-state index contributed by atoms with van der Waals surface area (Å²) < 4.78 is 96.4. The van der Waals surface area contributed by atoms with Gasteiger partial charge in [0.1, 0.15) is 49.4 Å². The van der Waals surface area contributed by atoms with Crippen LogP contribution >= 0.6 is 0 Å². The number of fused-ring (bicyclic) bond motifs is 8. The average molecular weight is 1630 g/mol. The number of nitrogens with one attached hydrogen (secondary N) is 4. The molecule has 4 amide bonds. The van der Waals surface area contributed by atoms with Gasteiger partial charge in [-0.05, 0) is 122 Å². The predicted molar refractivity (Wildman–Crippen MR) is 437 cm³/mol. The molecule has 0 saturated heterocycles. The molecular weight excluding hydrogens is 1500 g/mol. The first-order valence-electron chi connectivity index (χ1n) is 39.9. The fourth-order valence-corrected chi connectivity index (χ4v) is 12.2. The summed E-state index contributed by atoms with van der Waals surface area (Å²) in [7, 11) is 6.39. The average Bonchev–Trinajstić information content (AvgIpc) is 0.771. The van der Waals surface area contributed by atoms with Crippen LogP contribution in [-0.4, -0.2) is 237 Å². The minimum absolute atomic E-state index is 0.0273. The van der Waals surface area contributed by atoms with E-state index in [1.54, 1.807) is 28.4 Å². The number of hydrogen-bond donors (Lipinski definition) is 4. The van der Waals surface area contributed by atoms with E-state index in [9.17, 15) is 19.2 Å². The number of unbranched alkanes of at least 4 members (excludes halogenated alkanes) is 8. The van der Waals surface area contributed by atoms with E-state index in [1.807, 2.05) is 48.5 Å². The van der Waals surface area contributed by atoms with E-state index >= 15 is 0 Å². The van der Waals surface area contributed by atoms with Crippen LogP contribution in [0.1, 0.15) is 147 Å². The van der Waals surface area contributed by atoms with Crippen molar-refractivity contribution in [2.24, 2.45) is 20.5 Å². The molecule has 36 nitrogen and oxygen atoms in total. The molecule has 0 radical (unpaired) electrons. The standard InChI is InChI=1S/C80H120N16O20/c1-101-25-29-105-33-37-109-41-45-113-77-61-49-63-55-70(90-74(98)18-10-6-14-22-86-94-82)57-65(78(63)114-46-42-110-38-34-106-30-26-102-2)51-67-59-72(92-76(100)20-12-8-16-24-88-96-84)60-68(80(67)116-48-44-112-40-36-108-32-28-104-4)52-66-58-71(91-75(99)19-11-7-15-23-87-95-83)56-64(79(66)115-47-43-111-39-35-107-31-27-103-3)50-62(77)54-69(53-61)89-73(97)17-9-5-13-21-85-93-81/h53-60H,5-52H2,1-4H3,(H,89,97)(H,90,98)(H,91,99)(H,92,100). The number of carbonyl (C=O) groups excluding carboxylic acids is 4. The minimum atomic E-state index is -0.283. The maximum Gasteiger partial charge on any atom is 0.224 e. The zero-order valence-corrected chi connectivity index (χ0v) is 68.1. The Kier molecular flexibility index (Phi) is 53.6. The second-order valence-corrected chi connectivity index (χ2v) is 26.7. The Morgan fingerprint density at radius 3 is 0.612 bits per heavy atom. The van der Waals surface area contributed by atoms with E-state index < -0.39 is 0 Å². The summed E-state index contributed by atoms with van der Waals surface area (Å²) in [6.07, 6.45) is 7.49. The quantitative estimate of drug-likeness (QED) is 0.0122. The van der Waals surface area contributed by atoms with Gasteiger partial charge in [0.05, 0.1) is 132 Å². The molecule has 0 aliphatic heterocycles. The molecule has 0 unspecified atom stereocenters. The van der Waals surface area contributed by atoms with Crippen molar-refractivity contribution in [2.75, 3.05) is 234 Å². The summed E-state index contributed by atoms with van der Waals surface area (Å²) in [5.41, 5.74) is 42.0. The van der Waals surface area contributed by atoms with Crippen molar-refractivity contribution < 1.29 is 95.0 Å². The third-order valence-electron chi connectivity index (χ3n) is 17.6. The number of anilines is 4. The Morgan fingerprint density at radius 1 is 0.267 bits per heavy atom. The van der Waals surface area contributed by atoms with E-state index in [0.29, 0.717) is 247 Å². The van der Waals surface area contributed by atoms with Crippen molar-refractivity contribution in [3.8, 4) is 23.0 Å². The number of rotatable bonds is 68. The van der Waals surface area contributed by atoms with Gasteiger partial charge in [0.2, 0.25) is 23.6 Å². The van der Waals surface area contributed by atoms with Crippen LogP contribution in [0.15, 0.2) is 69.0 Å². The monoisotopic (exact) mass is 1620 g/mol. The van der Waals surface area contributed by atoms with Gasteiger partial charge in [0.25, 0.3) is 0 Å². The van der Waals surface area contributed by atoms with Crippen LogP contribution in [0, 0.1) is 0 Å². The van der Waals surface area contributed by atoms with E-state index in [1.165, 1.54) is 0 Å². The smallest absolute Gasteiger partial charge is 0.224 e. The van der Waals surface area contributed by atoms with Gasteiger partial charge >= 0.3 is 0 Å². The SMILES string of the molecule is COCCOCCOCCOc1c2cc(NC(=O)CCCCCN=[N+]=[N-])cc1Cc1cc(NC(=O)CCCCCN=[N+]=[N-])cc(c1OCCOCCOCCOC)Cc1cc(NC(=O)CCCCCN=[N+]=[N-])cc(c1OCCOCCOCCOC)Cc1cc(NC(=O)CCCCCN=[N+]=[N-])cc(c1OCCOCCOCCOC)C2. The van der Waals surface area contributed by atoms with Crippen molar-refractivity contribution >= 4 is 46.4 Å². The predicted octanol–water partition coefficient (Wildman–Crippen LogP) is 13.8. The maximum absolute atomic E-state index is 14.4. The molecule has 0 spiro atoms. The highest BCUT2D eigenvalue weighted by Crippen LogP contribution is 2.43. The van der Waals surface area contributed by atoms with Gasteiger partial charge in [0.15, 0.2) is 0 Å². The van der Waals surface area contributed by atoms with Crippen molar-refractivity contribution in [2.45, 2.75) is 128 Å². The second kappa shape index (κ2) is 63.9. The van der Waals surface area contributed by atoms with E-state index in [-0.39, 0.29) is 180 Å². The molecule has 4 N–H and O–H groups in total. The summed E-state index contributed by atoms with van der Waals surface area (Å²) in [5.74, 6) is 0.506. The molecule has 0 aromatic heterocycles. The van der Waals surface area contributed by atoms with Gasteiger partial charge in [-0.2, -0.15) is 0 Å². The highest BCUT2D eigenvalue weighted by Gasteiger charge is 2.27. The third-order valence-corrected chi connectivity index (χ3v) is 17.6. The second-order valence-electron chi connectivity index (χ2n) is 26.7. The molecule has 4 aromatic rings. The first kappa shape index (κ1) is 97.3. The van der Waals surface area contributed by atoms with Crippen LogP contribution in [-0.2, 0) is 102 Å². The number of azide groups is 4. The Balaban J connectivity index is 1.94. The summed E-state index contributed by atoms with van der Waals surface area (Å²) in [4.78, 5) is 69.1. The Hall–Kier alpha value is -9.28. The molecule has 0 fully saturated rings. The van der Waals surface area contributed by atoms with Crippen LogP contribution in [0.5, 0.6) is 23.0 Å². The van der Waals surface area contributed by atoms with Gasteiger partial charge in [-0.15, -0.1) is 0 Å².